The number of aliphatic hydroxyl groups is 1. The number of β-lactam (4-membered cyclic amide) rings is 1. The molecule has 27 heavy (non-hydrogen) atoms. The Kier molecular flexibility index (Phi) is 6.05. The Hall–Kier alpha value is -1.88. The molecular formula is C16H25NO9S. The van der Waals surface area contributed by atoms with Gasteiger partial charge in [0.1, 0.15) is 11.4 Å². The van der Waals surface area contributed by atoms with Gasteiger partial charge in [-0.15, -0.1) is 0 Å². The standard InChI is InChI=1S/C16H25NO9S/c1-5-6-7-24-15(21)26-9(2)25-14(20)11-16(3,4)27(22,23)13-10(8-18)12(19)17(11)13/h9-11,13,18H,5-8H2,1-4H3/t9?,10-,11+,13-/m1/s1. The average molecular weight is 407 g/mol. The quantitative estimate of drug-likeness (QED) is 0.271. The normalized spacial score (nSPS) is 28.7. The molecule has 1 unspecified atom stereocenters. The highest BCUT2D eigenvalue weighted by Crippen LogP contribution is 2.48. The van der Waals surface area contributed by atoms with E-state index in [2.05, 4.69) is 0 Å². The van der Waals surface area contributed by atoms with Crippen LogP contribution in [0.25, 0.3) is 0 Å². The van der Waals surface area contributed by atoms with E-state index in [1.807, 2.05) is 6.92 Å². The number of ether oxygens (including phenoxy) is 3. The second-order valence-electron chi connectivity index (χ2n) is 7.05. The van der Waals surface area contributed by atoms with E-state index in [0.29, 0.717) is 6.42 Å². The second kappa shape index (κ2) is 7.63. The van der Waals surface area contributed by atoms with Crippen molar-refractivity contribution in [3.05, 3.63) is 0 Å². The minimum Gasteiger partial charge on any atom is -0.434 e. The molecule has 4 atom stereocenters. The molecule has 1 N–H and O–H groups in total. The lowest BCUT2D eigenvalue weighted by molar-refractivity contribution is -0.183. The van der Waals surface area contributed by atoms with E-state index >= 15 is 0 Å². The van der Waals surface area contributed by atoms with Gasteiger partial charge in [0.15, 0.2) is 9.84 Å². The lowest BCUT2D eigenvalue weighted by Crippen LogP contribution is -2.64. The minimum absolute atomic E-state index is 0.163. The van der Waals surface area contributed by atoms with Gasteiger partial charge in [0.2, 0.25) is 12.2 Å². The number of fused-ring (bicyclic) bond motifs is 1. The molecule has 0 radical (unpaired) electrons. The fourth-order valence-corrected chi connectivity index (χ4v) is 5.58. The van der Waals surface area contributed by atoms with Crippen LogP contribution in [-0.4, -0.2) is 72.1 Å². The summed E-state index contributed by atoms with van der Waals surface area (Å²) in [5.41, 5.74) is 0. The molecule has 0 aliphatic carbocycles. The first kappa shape index (κ1) is 21.4. The summed E-state index contributed by atoms with van der Waals surface area (Å²) in [5.74, 6) is -2.73. The smallest absolute Gasteiger partial charge is 0.434 e. The number of rotatable bonds is 7. The summed E-state index contributed by atoms with van der Waals surface area (Å²) in [5, 5.41) is 8.00. The summed E-state index contributed by atoms with van der Waals surface area (Å²) < 4.78 is 38.4. The van der Waals surface area contributed by atoms with Crippen molar-refractivity contribution in [1.29, 1.82) is 0 Å². The van der Waals surface area contributed by atoms with Crippen LogP contribution in [-0.2, 0) is 33.6 Å². The van der Waals surface area contributed by atoms with Crippen molar-refractivity contribution in [3.63, 3.8) is 0 Å². The first-order valence-corrected chi connectivity index (χ1v) is 10.3. The van der Waals surface area contributed by atoms with Crippen LogP contribution in [0, 0.1) is 5.92 Å². The average Bonchev–Trinajstić information content (AvgIpc) is 2.69. The molecule has 10 nitrogen and oxygen atoms in total. The molecule has 0 bridgehead atoms. The maximum atomic E-state index is 12.7. The number of amides is 1. The maximum absolute atomic E-state index is 12.7. The Labute approximate surface area is 157 Å². The number of nitrogens with zero attached hydrogens (tertiary/aromatic N) is 1. The van der Waals surface area contributed by atoms with Crippen molar-refractivity contribution >= 4 is 27.9 Å². The Bertz CT molecular complexity index is 717. The zero-order chi connectivity index (χ0) is 20.6. The molecule has 0 aromatic rings. The highest BCUT2D eigenvalue weighted by Gasteiger charge is 2.72. The summed E-state index contributed by atoms with van der Waals surface area (Å²) in [4.78, 5) is 37.1. The van der Waals surface area contributed by atoms with E-state index in [1.165, 1.54) is 20.8 Å². The topological polar surface area (TPSA) is 137 Å². The molecule has 0 aromatic carbocycles. The number of unbranched alkanes of at least 4 members (excludes halogenated alkanes) is 1. The summed E-state index contributed by atoms with van der Waals surface area (Å²) in [6.07, 6.45) is -0.861. The van der Waals surface area contributed by atoms with Crippen LogP contribution < -0.4 is 0 Å². The summed E-state index contributed by atoms with van der Waals surface area (Å²) in [6, 6.07) is -1.40. The number of sulfone groups is 1. The van der Waals surface area contributed by atoms with E-state index in [-0.39, 0.29) is 6.61 Å². The first-order valence-electron chi connectivity index (χ1n) is 8.71. The summed E-state index contributed by atoms with van der Waals surface area (Å²) in [6.45, 7) is 5.37. The van der Waals surface area contributed by atoms with Crippen LogP contribution in [0.3, 0.4) is 0 Å². The van der Waals surface area contributed by atoms with Gasteiger partial charge in [0.25, 0.3) is 0 Å². The van der Waals surface area contributed by atoms with E-state index in [9.17, 15) is 27.9 Å². The predicted molar refractivity (Wildman–Crippen MR) is 90.9 cm³/mol. The number of hydrogen-bond donors (Lipinski definition) is 1. The van der Waals surface area contributed by atoms with E-state index in [0.717, 1.165) is 11.3 Å². The largest absolute Gasteiger partial charge is 0.511 e. The zero-order valence-corrected chi connectivity index (χ0v) is 16.5. The van der Waals surface area contributed by atoms with Crippen LogP contribution in [0.5, 0.6) is 0 Å². The molecule has 0 aromatic heterocycles. The van der Waals surface area contributed by atoms with Crippen molar-refractivity contribution in [3.8, 4) is 0 Å². The lowest BCUT2D eigenvalue weighted by atomic mass is 9.92. The third kappa shape index (κ3) is 3.49. The van der Waals surface area contributed by atoms with Crippen LogP contribution in [0.15, 0.2) is 0 Å². The third-order valence-corrected chi connectivity index (χ3v) is 7.74. The first-order chi connectivity index (χ1) is 12.5. The Balaban J connectivity index is 2.07. The molecule has 0 saturated carbocycles. The minimum atomic E-state index is -3.92. The van der Waals surface area contributed by atoms with Crippen molar-refractivity contribution in [2.75, 3.05) is 13.2 Å². The molecule has 2 saturated heterocycles. The van der Waals surface area contributed by atoms with Gasteiger partial charge in [-0.25, -0.2) is 18.0 Å². The predicted octanol–water partition coefficient (Wildman–Crippen LogP) is 0.181. The highest BCUT2D eigenvalue weighted by molar-refractivity contribution is 7.93. The van der Waals surface area contributed by atoms with Gasteiger partial charge in [-0.2, -0.15) is 0 Å². The third-order valence-electron chi connectivity index (χ3n) is 4.86. The fourth-order valence-electron chi connectivity index (χ4n) is 3.28. The van der Waals surface area contributed by atoms with Gasteiger partial charge in [0.05, 0.1) is 23.9 Å². The van der Waals surface area contributed by atoms with Gasteiger partial charge in [0, 0.05) is 6.92 Å². The molecular weight excluding hydrogens is 382 g/mol. The number of aliphatic hydroxyl groups excluding tert-OH is 1. The maximum Gasteiger partial charge on any atom is 0.511 e. The molecule has 1 amide bonds. The van der Waals surface area contributed by atoms with Gasteiger partial charge in [-0.1, -0.05) is 13.3 Å². The van der Waals surface area contributed by atoms with Gasteiger partial charge >= 0.3 is 12.1 Å². The number of carbonyl (C=O) groups excluding carboxylic acids is 3. The Morgan fingerprint density at radius 3 is 2.48 bits per heavy atom. The second-order valence-corrected chi connectivity index (χ2v) is 9.68. The number of esters is 1. The number of hydrogen-bond acceptors (Lipinski definition) is 9. The summed E-state index contributed by atoms with van der Waals surface area (Å²) in [7, 11) is -3.92. The van der Waals surface area contributed by atoms with Crippen LogP contribution in [0.2, 0.25) is 0 Å². The molecule has 2 rings (SSSR count). The highest BCUT2D eigenvalue weighted by atomic mass is 32.2. The molecule has 2 heterocycles. The molecule has 2 aliphatic heterocycles. The fraction of sp³-hybridized carbons (Fsp3) is 0.812. The number of carbonyl (C=O) groups is 3. The van der Waals surface area contributed by atoms with Crippen molar-refractivity contribution in [1.82, 2.24) is 4.90 Å². The van der Waals surface area contributed by atoms with E-state index in [4.69, 9.17) is 14.2 Å². The molecule has 2 aliphatic rings. The van der Waals surface area contributed by atoms with E-state index in [1.54, 1.807) is 0 Å². The Morgan fingerprint density at radius 2 is 1.93 bits per heavy atom. The molecule has 0 spiro atoms. The molecule has 154 valence electrons. The molecule has 2 fully saturated rings. The van der Waals surface area contributed by atoms with Gasteiger partial charge < -0.3 is 24.2 Å². The van der Waals surface area contributed by atoms with Crippen molar-refractivity contribution < 1.29 is 42.1 Å². The summed E-state index contributed by atoms with van der Waals surface area (Å²) >= 11 is 0. The van der Waals surface area contributed by atoms with Crippen LogP contribution >= 0.6 is 0 Å². The van der Waals surface area contributed by atoms with Crippen molar-refractivity contribution in [2.24, 2.45) is 5.92 Å². The zero-order valence-electron chi connectivity index (χ0n) is 15.7. The SMILES string of the molecule is CCCCOC(=O)OC(C)OC(=O)[C@@H]1N2C(=O)[C@@H](CO)[C@H]2S(=O)(=O)C1(C)C. The van der Waals surface area contributed by atoms with Crippen molar-refractivity contribution in [2.45, 2.75) is 63.0 Å². The lowest BCUT2D eigenvalue weighted by Gasteiger charge is -2.42. The van der Waals surface area contributed by atoms with Gasteiger partial charge in [-0.3, -0.25) is 4.79 Å². The van der Waals surface area contributed by atoms with Crippen LogP contribution in [0.1, 0.15) is 40.5 Å². The van der Waals surface area contributed by atoms with E-state index < -0.39 is 62.8 Å². The Morgan fingerprint density at radius 1 is 1.30 bits per heavy atom. The van der Waals surface area contributed by atoms with Gasteiger partial charge in [-0.05, 0) is 20.3 Å². The van der Waals surface area contributed by atoms with Crippen LogP contribution in [0.4, 0.5) is 4.79 Å². The molecule has 11 heteroatoms. The monoisotopic (exact) mass is 407 g/mol.